The smallest absolute Gasteiger partial charge is 0.321 e. The van der Waals surface area contributed by atoms with Crippen molar-refractivity contribution >= 4 is 27.5 Å². The van der Waals surface area contributed by atoms with E-state index in [9.17, 15) is 17.8 Å². The van der Waals surface area contributed by atoms with Gasteiger partial charge in [0.05, 0.1) is 0 Å². The van der Waals surface area contributed by atoms with Gasteiger partial charge in [-0.3, -0.25) is 9.45 Å². The summed E-state index contributed by atoms with van der Waals surface area (Å²) < 4.78 is 33.1. The molecule has 0 saturated carbocycles. The van der Waals surface area contributed by atoms with Crippen LogP contribution in [0.5, 0.6) is 0 Å². The van der Waals surface area contributed by atoms with Crippen LogP contribution in [0.2, 0.25) is 0 Å². The maximum Gasteiger partial charge on any atom is 0.321 e. The maximum absolute atomic E-state index is 11.9. The SMILES string of the molecule is CN(C)c1ccc(-c2cc(N3CCNC3=O)ccc2S(=O)(=O)O)cc1. The molecule has 0 bridgehead atoms. The Balaban J connectivity index is 2.12. The second kappa shape index (κ2) is 6.38. The summed E-state index contributed by atoms with van der Waals surface area (Å²) in [6.45, 7) is 1.04. The number of amides is 2. The first kappa shape index (κ1) is 17.2. The van der Waals surface area contributed by atoms with E-state index in [2.05, 4.69) is 5.32 Å². The first-order valence-corrected chi connectivity index (χ1v) is 9.16. The Bertz CT molecular complexity index is 908. The highest BCUT2D eigenvalue weighted by Gasteiger charge is 2.24. The van der Waals surface area contributed by atoms with Crippen molar-refractivity contribution in [1.82, 2.24) is 5.32 Å². The third-order valence-electron chi connectivity index (χ3n) is 4.10. The van der Waals surface area contributed by atoms with Crippen LogP contribution in [0.4, 0.5) is 16.2 Å². The van der Waals surface area contributed by atoms with Crippen LogP contribution in [0, 0.1) is 0 Å². The van der Waals surface area contributed by atoms with Crippen LogP contribution < -0.4 is 15.1 Å². The predicted molar refractivity (Wildman–Crippen MR) is 96.8 cm³/mol. The van der Waals surface area contributed by atoms with Gasteiger partial charge in [-0.1, -0.05) is 12.1 Å². The van der Waals surface area contributed by atoms with Gasteiger partial charge in [0.1, 0.15) is 4.90 Å². The second-order valence-electron chi connectivity index (χ2n) is 5.98. The number of hydrogen-bond donors (Lipinski definition) is 2. The molecule has 0 atom stereocenters. The summed E-state index contributed by atoms with van der Waals surface area (Å²) in [4.78, 5) is 15.1. The topological polar surface area (TPSA) is 90.0 Å². The minimum Gasteiger partial charge on any atom is -0.378 e. The molecule has 0 unspecified atom stereocenters. The molecule has 3 rings (SSSR count). The van der Waals surface area contributed by atoms with Crippen LogP contribution in [0.15, 0.2) is 47.4 Å². The molecule has 25 heavy (non-hydrogen) atoms. The van der Waals surface area contributed by atoms with Crippen molar-refractivity contribution < 1.29 is 17.8 Å². The molecule has 8 heteroatoms. The molecule has 7 nitrogen and oxygen atoms in total. The normalized spacial score (nSPS) is 14.5. The number of nitrogens with zero attached hydrogens (tertiary/aromatic N) is 2. The standard InChI is InChI=1S/C17H19N3O4S/c1-19(2)13-5-3-12(4-6-13)15-11-14(20-10-9-18-17(20)21)7-8-16(15)25(22,23)24/h3-8,11H,9-10H2,1-2H3,(H,18,21)(H,22,23,24). The minimum atomic E-state index is -4.39. The summed E-state index contributed by atoms with van der Waals surface area (Å²) >= 11 is 0. The maximum atomic E-state index is 11.9. The molecule has 2 aromatic rings. The molecule has 1 aliphatic rings. The summed E-state index contributed by atoms with van der Waals surface area (Å²) in [5, 5.41) is 2.71. The Morgan fingerprint density at radius 3 is 2.32 bits per heavy atom. The van der Waals surface area contributed by atoms with E-state index >= 15 is 0 Å². The number of rotatable bonds is 4. The third kappa shape index (κ3) is 3.45. The van der Waals surface area contributed by atoms with E-state index in [0.29, 0.717) is 29.9 Å². The average molecular weight is 361 g/mol. The molecule has 0 spiro atoms. The summed E-state index contributed by atoms with van der Waals surface area (Å²) in [5.74, 6) is 0. The fourth-order valence-corrected chi connectivity index (χ4v) is 3.49. The van der Waals surface area contributed by atoms with Crippen molar-refractivity contribution in [3.63, 3.8) is 0 Å². The van der Waals surface area contributed by atoms with Crippen molar-refractivity contribution in [3.8, 4) is 11.1 Å². The zero-order valence-corrected chi connectivity index (χ0v) is 14.7. The van der Waals surface area contributed by atoms with Gasteiger partial charge in [0.15, 0.2) is 0 Å². The highest BCUT2D eigenvalue weighted by atomic mass is 32.2. The van der Waals surface area contributed by atoms with Crippen LogP contribution in [0.3, 0.4) is 0 Å². The Hall–Kier alpha value is -2.58. The summed E-state index contributed by atoms with van der Waals surface area (Å²) in [7, 11) is -0.575. The van der Waals surface area contributed by atoms with Gasteiger partial charge in [0.25, 0.3) is 10.1 Å². The van der Waals surface area contributed by atoms with Crippen LogP contribution in [-0.2, 0) is 10.1 Å². The van der Waals surface area contributed by atoms with Gasteiger partial charge in [0.2, 0.25) is 0 Å². The number of hydrogen-bond acceptors (Lipinski definition) is 4. The van der Waals surface area contributed by atoms with E-state index in [-0.39, 0.29) is 10.9 Å². The highest BCUT2D eigenvalue weighted by Crippen LogP contribution is 2.33. The van der Waals surface area contributed by atoms with Crippen molar-refractivity contribution in [2.24, 2.45) is 0 Å². The minimum absolute atomic E-state index is 0.187. The van der Waals surface area contributed by atoms with Gasteiger partial charge in [-0.15, -0.1) is 0 Å². The number of benzene rings is 2. The molecule has 132 valence electrons. The first-order valence-electron chi connectivity index (χ1n) is 7.72. The van der Waals surface area contributed by atoms with Gasteiger partial charge in [-0.05, 0) is 35.9 Å². The molecule has 2 N–H and O–H groups in total. The lowest BCUT2D eigenvalue weighted by atomic mass is 10.0. The van der Waals surface area contributed by atoms with E-state index in [1.807, 2.05) is 31.1 Å². The van der Waals surface area contributed by atoms with E-state index in [4.69, 9.17) is 0 Å². The van der Waals surface area contributed by atoms with Crippen LogP contribution in [-0.4, -0.2) is 46.2 Å². The Kier molecular flexibility index (Phi) is 4.40. The van der Waals surface area contributed by atoms with Crippen molar-refractivity contribution in [2.75, 3.05) is 37.0 Å². The predicted octanol–water partition coefficient (Wildman–Crippen LogP) is 2.20. The fourth-order valence-electron chi connectivity index (χ4n) is 2.79. The highest BCUT2D eigenvalue weighted by molar-refractivity contribution is 7.86. The lowest BCUT2D eigenvalue weighted by Crippen LogP contribution is -2.27. The molecule has 1 heterocycles. The fraction of sp³-hybridized carbons (Fsp3) is 0.235. The molecule has 0 aromatic heterocycles. The molecule has 0 aliphatic carbocycles. The molecule has 2 amide bonds. The molecular weight excluding hydrogens is 342 g/mol. The quantitative estimate of drug-likeness (QED) is 0.815. The summed E-state index contributed by atoms with van der Waals surface area (Å²) in [6, 6.07) is 11.5. The molecule has 0 radical (unpaired) electrons. The monoisotopic (exact) mass is 361 g/mol. The van der Waals surface area contributed by atoms with Crippen molar-refractivity contribution in [2.45, 2.75) is 4.90 Å². The number of carbonyl (C=O) groups is 1. The van der Waals surface area contributed by atoms with Crippen molar-refractivity contribution in [3.05, 3.63) is 42.5 Å². The van der Waals surface area contributed by atoms with E-state index in [0.717, 1.165) is 5.69 Å². The number of nitrogens with one attached hydrogen (secondary N) is 1. The summed E-state index contributed by atoms with van der Waals surface area (Å²) in [5.41, 5.74) is 2.53. The molecule has 2 aromatic carbocycles. The first-order chi connectivity index (χ1) is 11.8. The second-order valence-corrected chi connectivity index (χ2v) is 7.37. The zero-order valence-electron chi connectivity index (χ0n) is 13.9. The van der Waals surface area contributed by atoms with Gasteiger partial charge in [-0.25, -0.2) is 4.79 Å². The molecule has 1 saturated heterocycles. The average Bonchev–Trinajstić information content (AvgIpc) is 2.99. The van der Waals surface area contributed by atoms with Crippen LogP contribution >= 0.6 is 0 Å². The largest absolute Gasteiger partial charge is 0.378 e. The van der Waals surface area contributed by atoms with E-state index < -0.39 is 10.1 Å². The number of anilines is 2. The van der Waals surface area contributed by atoms with Gasteiger partial charge < -0.3 is 10.2 Å². The van der Waals surface area contributed by atoms with Gasteiger partial charge >= 0.3 is 6.03 Å². The zero-order chi connectivity index (χ0) is 18.2. The lowest BCUT2D eigenvalue weighted by molar-refractivity contribution is 0.252. The molecular formula is C17H19N3O4S. The number of carbonyl (C=O) groups excluding carboxylic acids is 1. The van der Waals surface area contributed by atoms with Gasteiger partial charge in [-0.2, -0.15) is 8.42 Å². The Morgan fingerprint density at radius 2 is 1.80 bits per heavy atom. The lowest BCUT2D eigenvalue weighted by Gasteiger charge is -2.18. The van der Waals surface area contributed by atoms with Gasteiger partial charge in [0, 0.05) is 44.1 Å². The molecule has 1 fully saturated rings. The molecule has 1 aliphatic heterocycles. The summed E-state index contributed by atoms with van der Waals surface area (Å²) in [6.07, 6.45) is 0. The third-order valence-corrected chi connectivity index (χ3v) is 5.02. The van der Waals surface area contributed by atoms with Crippen molar-refractivity contribution in [1.29, 1.82) is 0 Å². The van der Waals surface area contributed by atoms with E-state index in [1.165, 1.54) is 17.0 Å². The van der Waals surface area contributed by atoms with Crippen LogP contribution in [0.1, 0.15) is 0 Å². The Morgan fingerprint density at radius 1 is 1.12 bits per heavy atom. The van der Waals surface area contributed by atoms with Crippen LogP contribution in [0.25, 0.3) is 11.1 Å². The number of urea groups is 1. The van der Waals surface area contributed by atoms with E-state index in [1.54, 1.807) is 18.2 Å². The Labute approximate surface area is 146 Å².